The molecule has 23 heavy (non-hydrogen) atoms. The molecular formula is C17H21N3O2S. The molecule has 1 atom stereocenters. The number of thioether (sulfide) groups is 1. The molecule has 0 aliphatic carbocycles. The van der Waals surface area contributed by atoms with Crippen LogP contribution in [0.2, 0.25) is 0 Å². The summed E-state index contributed by atoms with van der Waals surface area (Å²) in [5, 5.41) is 3.29. The van der Waals surface area contributed by atoms with Crippen molar-refractivity contribution in [2.24, 2.45) is 0 Å². The molecular weight excluding hydrogens is 310 g/mol. The first-order valence-corrected chi connectivity index (χ1v) is 8.34. The molecule has 1 heterocycles. The topological polar surface area (TPSA) is 64.1 Å². The fourth-order valence-electron chi connectivity index (χ4n) is 2.16. The van der Waals surface area contributed by atoms with Crippen LogP contribution in [-0.2, 0) is 4.79 Å². The highest BCUT2D eigenvalue weighted by Crippen LogP contribution is 2.27. The van der Waals surface area contributed by atoms with Gasteiger partial charge in [-0.25, -0.2) is 9.97 Å². The molecule has 122 valence electrons. The van der Waals surface area contributed by atoms with Gasteiger partial charge in [-0.05, 0) is 38.5 Å². The van der Waals surface area contributed by atoms with E-state index in [-0.39, 0.29) is 11.2 Å². The summed E-state index contributed by atoms with van der Waals surface area (Å²) in [5.41, 5.74) is 2.47. The van der Waals surface area contributed by atoms with Crippen molar-refractivity contribution in [2.75, 3.05) is 12.4 Å². The van der Waals surface area contributed by atoms with E-state index in [1.165, 1.54) is 11.8 Å². The summed E-state index contributed by atoms with van der Waals surface area (Å²) in [6.45, 7) is 5.82. The number of aromatic nitrogens is 2. The number of rotatable bonds is 6. The lowest BCUT2D eigenvalue weighted by molar-refractivity contribution is -0.115. The van der Waals surface area contributed by atoms with E-state index >= 15 is 0 Å². The number of ether oxygens (including phenoxy) is 1. The summed E-state index contributed by atoms with van der Waals surface area (Å²) in [6.07, 6.45) is 0.683. The molecule has 0 aliphatic heterocycles. The van der Waals surface area contributed by atoms with Crippen LogP contribution in [0.25, 0.3) is 0 Å². The normalized spacial score (nSPS) is 11.8. The molecule has 0 saturated carbocycles. The van der Waals surface area contributed by atoms with E-state index in [9.17, 15) is 4.79 Å². The number of benzene rings is 1. The first-order chi connectivity index (χ1) is 11.0. The van der Waals surface area contributed by atoms with Crippen molar-refractivity contribution < 1.29 is 9.53 Å². The molecule has 1 amide bonds. The Morgan fingerprint density at radius 1 is 1.26 bits per heavy atom. The van der Waals surface area contributed by atoms with Crippen LogP contribution in [0, 0.1) is 13.8 Å². The fourth-order valence-corrected chi connectivity index (χ4v) is 3.14. The molecule has 1 aromatic heterocycles. The molecule has 5 nitrogen and oxygen atoms in total. The number of methoxy groups -OCH3 is 1. The zero-order valence-corrected chi connectivity index (χ0v) is 14.6. The number of nitrogens with one attached hydrogen (secondary N) is 1. The van der Waals surface area contributed by atoms with Crippen molar-refractivity contribution in [1.82, 2.24) is 9.97 Å². The number of nitrogens with zero attached hydrogens (tertiary/aromatic N) is 2. The zero-order valence-electron chi connectivity index (χ0n) is 13.8. The second kappa shape index (κ2) is 7.97. The Labute approximate surface area is 140 Å². The van der Waals surface area contributed by atoms with Crippen LogP contribution in [0.5, 0.6) is 5.75 Å². The first kappa shape index (κ1) is 17.3. The largest absolute Gasteiger partial charge is 0.495 e. The van der Waals surface area contributed by atoms with Crippen molar-refractivity contribution >= 4 is 23.4 Å². The van der Waals surface area contributed by atoms with Crippen LogP contribution in [0.15, 0.2) is 35.5 Å². The molecule has 0 radical (unpaired) electrons. The van der Waals surface area contributed by atoms with Gasteiger partial charge < -0.3 is 10.1 Å². The van der Waals surface area contributed by atoms with E-state index in [1.807, 2.05) is 51.1 Å². The lowest BCUT2D eigenvalue weighted by Crippen LogP contribution is -2.25. The molecule has 0 bridgehead atoms. The van der Waals surface area contributed by atoms with Gasteiger partial charge >= 0.3 is 0 Å². The average Bonchev–Trinajstić information content (AvgIpc) is 2.52. The summed E-state index contributed by atoms with van der Waals surface area (Å²) in [4.78, 5) is 21.3. The van der Waals surface area contributed by atoms with E-state index in [0.717, 1.165) is 11.4 Å². The number of carbonyl (C=O) groups is 1. The van der Waals surface area contributed by atoms with Gasteiger partial charge in [0.05, 0.1) is 18.0 Å². The van der Waals surface area contributed by atoms with Gasteiger partial charge in [0.15, 0.2) is 5.16 Å². The number of anilines is 1. The number of para-hydroxylation sites is 2. The van der Waals surface area contributed by atoms with Gasteiger partial charge in [0, 0.05) is 11.4 Å². The number of hydrogen-bond acceptors (Lipinski definition) is 5. The standard InChI is InChI=1S/C17H21N3O2S/c1-5-15(23-17-18-11(2)10-12(3)19-17)16(21)20-13-8-6-7-9-14(13)22-4/h6-10,15H,5H2,1-4H3,(H,20,21). The molecule has 0 saturated heterocycles. The molecule has 1 N–H and O–H groups in total. The second-order valence-corrected chi connectivity index (χ2v) is 6.31. The van der Waals surface area contributed by atoms with Crippen molar-refractivity contribution in [3.8, 4) is 5.75 Å². The smallest absolute Gasteiger partial charge is 0.238 e. The van der Waals surface area contributed by atoms with Gasteiger partial charge in [-0.2, -0.15) is 0 Å². The summed E-state index contributed by atoms with van der Waals surface area (Å²) < 4.78 is 5.26. The maximum Gasteiger partial charge on any atom is 0.238 e. The average molecular weight is 331 g/mol. The van der Waals surface area contributed by atoms with E-state index in [2.05, 4.69) is 15.3 Å². The molecule has 6 heteroatoms. The van der Waals surface area contributed by atoms with Crippen LogP contribution in [0.3, 0.4) is 0 Å². The Hall–Kier alpha value is -2.08. The molecule has 2 rings (SSSR count). The molecule has 0 spiro atoms. The molecule has 1 unspecified atom stereocenters. The van der Waals surface area contributed by atoms with E-state index in [1.54, 1.807) is 7.11 Å². The van der Waals surface area contributed by atoms with Crippen molar-refractivity contribution in [2.45, 2.75) is 37.6 Å². The minimum absolute atomic E-state index is 0.0789. The van der Waals surface area contributed by atoms with Crippen molar-refractivity contribution in [3.63, 3.8) is 0 Å². The summed E-state index contributed by atoms with van der Waals surface area (Å²) in [5.74, 6) is 0.563. The van der Waals surface area contributed by atoms with Crippen LogP contribution in [-0.4, -0.2) is 28.2 Å². The van der Waals surface area contributed by atoms with E-state index in [4.69, 9.17) is 4.74 Å². The minimum Gasteiger partial charge on any atom is -0.495 e. The lowest BCUT2D eigenvalue weighted by Gasteiger charge is -2.15. The predicted molar refractivity (Wildman–Crippen MR) is 93.1 cm³/mol. The third kappa shape index (κ3) is 4.69. The fraction of sp³-hybridized carbons (Fsp3) is 0.353. The van der Waals surface area contributed by atoms with Crippen LogP contribution in [0.1, 0.15) is 24.7 Å². The lowest BCUT2D eigenvalue weighted by atomic mass is 10.2. The monoisotopic (exact) mass is 331 g/mol. The molecule has 0 fully saturated rings. The van der Waals surface area contributed by atoms with Crippen molar-refractivity contribution in [3.05, 3.63) is 41.7 Å². The zero-order chi connectivity index (χ0) is 16.8. The predicted octanol–water partition coefficient (Wildman–Crippen LogP) is 3.61. The van der Waals surface area contributed by atoms with Gasteiger partial charge in [0.1, 0.15) is 5.75 Å². The first-order valence-electron chi connectivity index (χ1n) is 7.46. The Morgan fingerprint density at radius 2 is 1.91 bits per heavy atom. The van der Waals surface area contributed by atoms with Crippen LogP contribution >= 0.6 is 11.8 Å². The Bertz CT molecular complexity index is 671. The molecule has 2 aromatic rings. The number of carbonyl (C=O) groups excluding carboxylic acids is 1. The number of hydrogen-bond donors (Lipinski definition) is 1. The highest BCUT2D eigenvalue weighted by Gasteiger charge is 2.20. The summed E-state index contributed by atoms with van der Waals surface area (Å²) in [6, 6.07) is 9.28. The number of aryl methyl sites for hydroxylation is 2. The third-order valence-electron chi connectivity index (χ3n) is 3.24. The SMILES string of the molecule is CCC(Sc1nc(C)cc(C)n1)C(=O)Nc1ccccc1OC. The van der Waals surface area contributed by atoms with Crippen LogP contribution in [0.4, 0.5) is 5.69 Å². The quantitative estimate of drug-likeness (QED) is 0.647. The Morgan fingerprint density at radius 3 is 2.52 bits per heavy atom. The Kier molecular flexibility index (Phi) is 5.98. The van der Waals surface area contributed by atoms with Gasteiger partial charge in [-0.15, -0.1) is 0 Å². The number of amides is 1. The third-order valence-corrected chi connectivity index (χ3v) is 4.46. The van der Waals surface area contributed by atoms with Gasteiger partial charge in [-0.1, -0.05) is 30.8 Å². The Balaban J connectivity index is 2.12. The van der Waals surface area contributed by atoms with E-state index in [0.29, 0.717) is 23.0 Å². The maximum atomic E-state index is 12.5. The highest BCUT2D eigenvalue weighted by atomic mass is 32.2. The summed E-state index contributed by atoms with van der Waals surface area (Å²) in [7, 11) is 1.58. The van der Waals surface area contributed by atoms with Gasteiger partial charge in [0.25, 0.3) is 0 Å². The minimum atomic E-state index is -0.263. The van der Waals surface area contributed by atoms with Gasteiger partial charge in [0.2, 0.25) is 5.91 Å². The highest BCUT2D eigenvalue weighted by molar-refractivity contribution is 8.00. The molecule has 0 aliphatic rings. The molecule has 1 aromatic carbocycles. The van der Waals surface area contributed by atoms with Gasteiger partial charge in [-0.3, -0.25) is 4.79 Å². The second-order valence-electron chi connectivity index (χ2n) is 5.14. The van der Waals surface area contributed by atoms with Crippen LogP contribution < -0.4 is 10.1 Å². The maximum absolute atomic E-state index is 12.5. The van der Waals surface area contributed by atoms with Crippen molar-refractivity contribution in [1.29, 1.82) is 0 Å². The van der Waals surface area contributed by atoms with E-state index < -0.39 is 0 Å². The summed E-state index contributed by atoms with van der Waals surface area (Å²) >= 11 is 1.38.